The zero-order valence-electron chi connectivity index (χ0n) is 13.2. The van der Waals surface area contributed by atoms with Gasteiger partial charge in [-0.3, -0.25) is 0 Å². The van der Waals surface area contributed by atoms with Gasteiger partial charge in [-0.25, -0.2) is 9.78 Å². The van der Waals surface area contributed by atoms with E-state index < -0.39 is 0 Å². The van der Waals surface area contributed by atoms with Crippen LogP contribution >= 0.6 is 0 Å². The molecular formula is C17H26N4O. The molecule has 1 aromatic rings. The van der Waals surface area contributed by atoms with Gasteiger partial charge in [0.15, 0.2) is 0 Å². The number of nitrogens with zero attached hydrogens (tertiary/aromatic N) is 3. The Morgan fingerprint density at radius 1 is 1.05 bits per heavy atom. The molecule has 4 rings (SSSR count). The minimum Gasteiger partial charge on any atom is -0.333 e. The quantitative estimate of drug-likeness (QED) is 0.913. The van der Waals surface area contributed by atoms with Crippen LogP contribution < -0.4 is 5.32 Å². The standard InChI is InChI=1S/C17H26N4O/c22-17(21-10-13-4-1-2-5-14(13)11-21)19-15-6-3-7-16(15)20-9-8-18-12-20/h8-9,12-16H,1-7,10-11H2,(H,19,22)/t13-,14-,15+,16-/m0/s1. The zero-order chi connectivity index (χ0) is 14.9. The molecule has 1 N–H and O–H groups in total. The Morgan fingerprint density at radius 2 is 1.82 bits per heavy atom. The molecule has 1 aromatic heterocycles. The number of hydrogen-bond donors (Lipinski definition) is 1. The van der Waals surface area contributed by atoms with Crippen LogP contribution in [-0.2, 0) is 0 Å². The van der Waals surface area contributed by atoms with Crippen LogP contribution in [0.3, 0.4) is 0 Å². The molecule has 0 spiro atoms. The number of hydrogen-bond acceptors (Lipinski definition) is 2. The molecule has 4 atom stereocenters. The van der Waals surface area contributed by atoms with Crippen LogP contribution in [-0.4, -0.2) is 39.6 Å². The number of carbonyl (C=O) groups excluding carboxylic acids is 1. The molecule has 2 amide bonds. The molecule has 2 aliphatic carbocycles. The summed E-state index contributed by atoms with van der Waals surface area (Å²) >= 11 is 0. The molecule has 2 heterocycles. The summed E-state index contributed by atoms with van der Waals surface area (Å²) in [4.78, 5) is 18.9. The smallest absolute Gasteiger partial charge is 0.317 e. The average molecular weight is 302 g/mol. The van der Waals surface area contributed by atoms with Crippen molar-refractivity contribution in [2.45, 2.75) is 57.0 Å². The third-order valence-electron chi connectivity index (χ3n) is 5.96. The van der Waals surface area contributed by atoms with E-state index in [0.29, 0.717) is 6.04 Å². The first-order valence-electron chi connectivity index (χ1n) is 8.84. The number of nitrogens with one attached hydrogen (secondary N) is 1. The first kappa shape index (κ1) is 14.1. The zero-order valence-corrected chi connectivity index (χ0v) is 13.2. The van der Waals surface area contributed by atoms with Gasteiger partial charge in [-0.05, 0) is 43.9 Å². The lowest BCUT2D eigenvalue weighted by Crippen LogP contribution is -2.45. The molecule has 120 valence electrons. The molecule has 1 saturated heterocycles. The van der Waals surface area contributed by atoms with E-state index in [0.717, 1.165) is 37.8 Å². The van der Waals surface area contributed by atoms with E-state index >= 15 is 0 Å². The van der Waals surface area contributed by atoms with Crippen molar-refractivity contribution in [3.8, 4) is 0 Å². The van der Waals surface area contributed by atoms with E-state index in [1.54, 1.807) is 0 Å². The van der Waals surface area contributed by atoms with Gasteiger partial charge in [0.2, 0.25) is 0 Å². The van der Waals surface area contributed by atoms with Crippen molar-refractivity contribution >= 4 is 6.03 Å². The Morgan fingerprint density at radius 3 is 2.50 bits per heavy atom. The third-order valence-corrected chi connectivity index (χ3v) is 5.96. The molecule has 3 fully saturated rings. The summed E-state index contributed by atoms with van der Waals surface area (Å²) in [5.74, 6) is 1.51. The van der Waals surface area contributed by atoms with Crippen LogP contribution in [0.25, 0.3) is 0 Å². The molecule has 0 aromatic carbocycles. The Balaban J connectivity index is 1.37. The number of urea groups is 1. The topological polar surface area (TPSA) is 50.2 Å². The molecule has 3 aliphatic rings. The lowest BCUT2D eigenvalue weighted by Gasteiger charge is -2.25. The van der Waals surface area contributed by atoms with Gasteiger partial charge in [0.1, 0.15) is 0 Å². The largest absolute Gasteiger partial charge is 0.333 e. The molecule has 1 aliphatic heterocycles. The third kappa shape index (κ3) is 2.61. The second kappa shape index (κ2) is 5.94. The number of amides is 2. The van der Waals surface area contributed by atoms with Crippen molar-refractivity contribution in [2.75, 3.05) is 13.1 Å². The van der Waals surface area contributed by atoms with Crippen LogP contribution in [0.5, 0.6) is 0 Å². The van der Waals surface area contributed by atoms with Gasteiger partial charge in [-0.1, -0.05) is 12.8 Å². The van der Waals surface area contributed by atoms with Gasteiger partial charge >= 0.3 is 6.03 Å². The maximum Gasteiger partial charge on any atom is 0.317 e. The molecule has 0 bridgehead atoms. The Kier molecular flexibility index (Phi) is 3.80. The van der Waals surface area contributed by atoms with Gasteiger partial charge in [-0.15, -0.1) is 0 Å². The van der Waals surface area contributed by atoms with Gasteiger partial charge in [0, 0.05) is 25.5 Å². The SMILES string of the molecule is O=C(N[C@@H]1CCC[C@@H]1n1ccnc1)N1C[C@@H]2CCCC[C@H]2C1. The molecule has 22 heavy (non-hydrogen) atoms. The minimum atomic E-state index is 0.159. The van der Waals surface area contributed by atoms with E-state index in [1.807, 2.05) is 18.7 Å². The Hall–Kier alpha value is -1.52. The minimum absolute atomic E-state index is 0.159. The summed E-state index contributed by atoms with van der Waals surface area (Å²) in [5, 5.41) is 3.31. The number of fused-ring (bicyclic) bond motifs is 1. The highest BCUT2D eigenvalue weighted by Gasteiger charge is 2.38. The Labute approximate surface area is 132 Å². The highest BCUT2D eigenvalue weighted by molar-refractivity contribution is 5.75. The fourth-order valence-electron chi connectivity index (χ4n) is 4.75. The maximum absolute atomic E-state index is 12.6. The van der Waals surface area contributed by atoms with Gasteiger partial charge in [0.25, 0.3) is 0 Å². The average Bonchev–Trinajstić information content (AvgIpc) is 3.26. The summed E-state index contributed by atoms with van der Waals surface area (Å²) < 4.78 is 2.15. The molecule has 5 heteroatoms. The van der Waals surface area contributed by atoms with Crippen molar-refractivity contribution in [1.82, 2.24) is 19.8 Å². The maximum atomic E-state index is 12.6. The number of carbonyl (C=O) groups is 1. The van der Waals surface area contributed by atoms with Crippen LogP contribution in [0.15, 0.2) is 18.7 Å². The van der Waals surface area contributed by atoms with Crippen LogP contribution in [0.2, 0.25) is 0 Å². The van der Waals surface area contributed by atoms with Gasteiger partial charge in [-0.2, -0.15) is 0 Å². The normalized spacial score (nSPS) is 34.6. The first-order chi connectivity index (χ1) is 10.8. The molecule has 0 unspecified atom stereocenters. The fourth-order valence-corrected chi connectivity index (χ4v) is 4.75. The highest BCUT2D eigenvalue weighted by atomic mass is 16.2. The number of imidazole rings is 1. The Bertz CT molecular complexity index is 501. The van der Waals surface area contributed by atoms with Crippen LogP contribution in [0.4, 0.5) is 4.79 Å². The van der Waals surface area contributed by atoms with Crippen molar-refractivity contribution in [3.63, 3.8) is 0 Å². The van der Waals surface area contributed by atoms with Crippen molar-refractivity contribution in [3.05, 3.63) is 18.7 Å². The summed E-state index contributed by atoms with van der Waals surface area (Å²) in [6.45, 7) is 1.94. The predicted octanol–water partition coefficient (Wildman–Crippen LogP) is 2.81. The highest BCUT2D eigenvalue weighted by Crippen LogP contribution is 2.36. The monoisotopic (exact) mass is 302 g/mol. The first-order valence-corrected chi connectivity index (χ1v) is 8.84. The molecule has 0 radical (unpaired) electrons. The van der Waals surface area contributed by atoms with Crippen molar-refractivity contribution in [2.24, 2.45) is 11.8 Å². The van der Waals surface area contributed by atoms with E-state index in [4.69, 9.17) is 0 Å². The number of rotatable bonds is 2. The predicted molar refractivity (Wildman–Crippen MR) is 84.5 cm³/mol. The number of likely N-dealkylation sites (tertiary alicyclic amines) is 1. The van der Waals surface area contributed by atoms with Gasteiger partial charge in [0.05, 0.1) is 18.4 Å². The van der Waals surface area contributed by atoms with Crippen molar-refractivity contribution < 1.29 is 4.79 Å². The summed E-state index contributed by atoms with van der Waals surface area (Å²) in [6, 6.07) is 0.784. The number of aromatic nitrogens is 2. The fraction of sp³-hybridized carbons (Fsp3) is 0.765. The summed E-state index contributed by atoms with van der Waals surface area (Å²) in [7, 11) is 0. The van der Waals surface area contributed by atoms with Gasteiger partial charge < -0.3 is 14.8 Å². The second-order valence-electron chi connectivity index (χ2n) is 7.27. The lowest BCUT2D eigenvalue weighted by molar-refractivity contribution is 0.199. The second-order valence-corrected chi connectivity index (χ2v) is 7.27. The summed E-state index contributed by atoms with van der Waals surface area (Å²) in [6.07, 6.45) is 14.4. The molecule has 5 nitrogen and oxygen atoms in total. The molecular weight excluding hydrogens is 276 g/mol. The lowest BCUT2D eigenvalue weighted by atomic mass is 9.82. The molecule has 2 saturated carbocycles. The van der Waals surface area contributed by atoms with E-state index in [-0.39, 0.29) is 12.1 Å². The van der Waals surface area contributed by atoms with E-state index in [2.05, 4.69) is 19.8 Å². The van der Waals surface area contributed by atoms with Crippen LogP contribution in [0, 0.1) is 11.8 Å². The van der Waals surface area contributed by atoms with E-state index in [1.165, 1.54) is 32.1 Å². The van der Waals surface area contributed by atoms with E-state index in [9.17, 15) is 4.79 Å². The summed E-state index contributed by atoms with van der Waals surface area (Å²) in [5.41, 5.74) is 0. The van der Waals surface area contributed by atoms with Crippen molar-refractivity contribution in [1.29, 1.82) is 0 Å². The van der Waals surface area contributed by atoms with Crippen LogP contribution in [0.1, 0.15) is 51.0 Å².